The highest BCUT2D eigenvalue weighted by molar-refractivity contribution is 9.10. The van der Waals surface area contributed by atoms with Crippen LogP contribution in [0.25, 0.3) is 0 Å². The van der Waals surface area contributed by atoms with Crippen molar-refractivity contribution in [2.45, 2.75) is 24.8 Å². The Balaban J connectivity index is 3.05. The van der Waals surface area contributed by atoms with Gasteiger partial charge in [-0.3, -0.25) is 4.18 Å². The molecule has 0 aliphatic carbocycles. The van der Waals surface area contributed by atoms with Crippen molar-refractivity contribution in [1.29, 1.82) is 0 Å². The van der Waals surface area contributed by atoms with Crippen LogP contribution < -0.4 is 0 Å². The van der Waals surface area contributed by atoms with Crippen LogP contribution in [0.1, 0.15) is 13.8 Å². The standard InChI is InChI=1S/C9H11BrO3S/c1-7(2)13-14(11,12)9-5-3-4-8(10)6-9/h3-7H,1-2H3. The first kappa shape index (κ1) is 11.7. The van der Waals surface area contributed by atoms with Gasteiger partial charge in [0.15, 0.2) is 0 Å². The average Bonchev–Trinajstić information content (AvgIpc) is 2.01. The van der Waals surface area contributed by atoms with Crippen LogP contribution in [-0.2, 0) is 14.3 Å². The maximum atomic E-state index is 11.6. The Kier molecular flexibility index (Phi) is 3.69. The van der Waals surface area contributed by atoms with Crippen LogP contribution in [0.4, 0.5) is 0 Å². The molecule has 0 atom stereocenters. The molecule has 14 heavy (non-hydrogen) atoms. The number of halogens is 1. The number of rotatable bonds is 3. The van der Waals surface area contributed by atoms with E-state index in [0.717, 1.165) is 0 Å². The molecule has 0 amide bonds. The molecule has 78 valence electrons. The van der Waals surface area contributed by atoms with Crippen molar-refractivity contribution in [3.05, 3.63) is 28.7 Å². The normalized spacial score (nSPS) is 12.0. The van der Waals surface area contributed by atoms with Crippen LogP contribution in [0.3, 0.4) is 0 Å². The van der Waals surface area contributed by atoms with Gasteiger partial charge in [-0.1, -0.05) is 22.0 Å². The lowest BCUT2D eigenvalue weighted by Crippen LogP contribution is -2.12. The third-order valence-corrected chi connectivity index (χ3v) is 3.37. The van der Waals surface area contributed by atoms with Gasteiger partial charge in [-0.15, -0.1) is 0 Å². The highest BCUT2D eigenvalue weighted by Gasteiger charge is 2.16. The summed E-state index contributed by atoms with van der Waals surface area (Å²) in [6, 6.07) is 6.43. The molecule has 0 spiro atoms. The summed E-state index contributed by atoms with van der Waals surface area (Å²) < 4.78 is 28.6. The Morgan fingerprint density at radius 1 is 1.36 bits per heavy atom. The maximum Gasteiger partial charge on any atom is 0.297 e. The van der Waals surface area contributed by atoms with Crippen LogP contribution in [0, 0.1) is 0 Å². The molecule has 0 unspecified atom stereocenters. The van der Waals surface area contributed by atoms with Gasteiger partial charge in [-0.05, 0) is 32.0 Å². The van der Waals surface area contributed by atoms with Gasteiger partial charge in [0.2, 0.25) is 0 Å². The predicted octanol–water partition coefficient (Wildman–Crippen LogP) is 2.56. The second kappa shape index (κ2) is 4.42. The lowest BCUT2D eigenvalue weighted by atomic mass is 10.4. The van der Waals surface area contributed by atoms with Crippen molar-refractivity contribution >= 4 is 26.0 Å². The van der Waals surface area contributed by atoms with Crippen molar-refractivity contribution in [3.63, 3.8) is 0 Å². The number of hydrogen-bond donors (Lipinski definition) is 0. The topological polar surface area (TPSA) is 43.4 Å². The molecule has 0 saturated heterocycles. The van der Waals surface area contributed by atoms with Gasteiger partial charge in [-0.25, -0.2) is 0 Å². The first-order chi connectivity index (χ1) is 6.42. The van der Waals surface area contributed by atoms with Gasteiger partial charge >= 0.3 is 0 Å². The summed E-state index contributed by atoms with van der Waals surface area (Å²) in [5.74, 6) is 0. The molecule has 0 heterocycles. The summed E-state index contributed by atoms with van der Waals surface area (Å²) in [6.45, 7) is 3.35. The number of hydrogen-bond acceptors (Lipinski definition) is 3. The van der Waals surface area contributed by atoms with E-state index in [2.05, 4.69) is 15.9 Å². The van der Waals surface area contributed by atoms with Crippen molar-refractivity contribution in [3.8, 4) is 0 Å². The maximum absolute atomic E-state index is 11.6. The molecule has 1 aromatic carbocycles. The monoisotopic (exact) mass is 278 g/mol. The smallest absolute Gasteiger partial charge is 0.264 e. The van der Waals surface area contributed by atoms with E-state index in [1.165, 1.54) is 12.1 Å². The van der Waals surface area contributed by atoms with Gasteiger partial charge in [0.25, 0.3) is 10.1 Å². The lowest BCUT2D eigenvalue weighted by molar-refractivity contribution is 0.249. The third-order valence-electron chi connectivity index (χ3n) is 1.40. The average molecular weight is 279 g/mol. The van der Waals surface area contributed by atoms with Crippen LogP contribution in [0.2, 0.25) is 0 Å². The molecule has 0 aliphatic heterocycles. The fourth-order valence-electron chi connectivity index (χ4n) is 0.931. The van der Waals surface area contributed by atoms with Crippen molar-refractivity contribution in [2.75, 3.05) is 0 Å². The largest absolute Gasteiger partial charge is 0.297 e. The second-order valence-electron chi connectivity index (χ2n) is 3.06. The Morgan fingerprint density at radius 2 is 2.00 bits per heavy atom. The predicted molar refractivity (Wildman–Crippen MR) is 57.5 cm³/mol. The molecule has 0 radical (unpaired) electrons. The zero-order chi connectivity index (χ0) is 10.8. The molecule has 3 nitrogen and oxygen atoms in total. The molecule has 0 fully saturated rings. The van der Waals surface area contributed by atoms with E-state index < -0.39 is 10.1 Å². The highest BCUT2D eigenvalue weighted by atomic mass is 79.9. The minimum absolute atomic E-state index is 0.167. The molecule has 5 heteroatoms. The van der Waals surface area contributed by atoms with E-state index in [0.29, 0.717) is 4.47 Å². The summed E-state index contributed by atoms with van der Waals surface area (Å²) in [6.07, 6.45) is -0.348. The SMILES string of the molecule is CC(C)OS(=O)(=O)c1cccc(Br)c1. The van der Waals surface area contributed by atoms with E-state index in [4.69, 9.17) is 4.18 Å². The van der Waals surface area contributed by atoms with Crippen molar-refractivity contribution in [1.82, 2.24) is 0 Å². The zero-order valence-electron chi connectivity index (χ0n) is 7.90. The highest BCUT2D eigenvalue weighted by Crippen LogP contribution is 2.18. The molecule has 0 N–H and O–H groups in total. The van der Waals surface area contributed by atoms with Crippen molar-refractivity contribution in [2.24, 2.45) is 0 Å². The molecule has 1 rings (SSSR count). The van der Waals surface area contributed by atoms with Gasteiger partial charge in [0.05, 0.1) is 11.0 Å². The Labute approximate surface area is 92.3 Å². The first-order valence-electron chi connectivity index (χ1n) is 4.10. The van der Waals surface area contributed by atoms with Gasteiger partial charge in [-0.2, -0.15) is 8.42 Å². The zero-order valence-corrected chi connectivity index (χ0v) is 10.3. The summed E-state index contributed by atoms with van der Waals surface area (Å²) in [5, 5.41) is 0. The molecule has 0 bridgehead atoms. The summed E-state index contributed by atoms with van der Waals surface area (Å²) in [7, 11) is -3.61. The van der Waals surface area contributed by atoms with E-state index >= 15 is 0 Å². The first-order valence-corrected chi connectivity index (χ1v) is 6.31. The summed E-state index contributed by atoms with van der Waals surface area (Å²) in [5.41, 5.74) is 0. The Hall–Kier alpha value is -0.390. The van der Waals surface area contributed by atoms with Crippen LogP contribution in [0.5, 0.6) is 0 Å². The van der Waals surface area contributed by atoms with Gasteiger partial charge < -0.3 is 0 Å². The Bertz CT molecular complexity index is 412. The second-order valence-corrected chi connectivity index (χ2v) is 5.54. The van der Waals surface area contributed by atoms with Crippen LogP contribution >= 0.6 is 15.9 Å². The van der Waals surface area contributed by atoms with Gasteiger partial charge in [0.1, 0.15) is 0 Å². The molecule has 0 aliphatic rings. The summed E-state index contributed by atoms with van der Waals surface area (Å²) in [4.78, 5) is 0.167. The van der Waals surface area contributed by atoms with E-state index in [9.17, 15) is 8.42 Å². The summed E-state index contributed by atoms with van der Waals surface area (Å²) >= 11 is 3.20. The fraction of sp³-hybridized carbons (Fsp3) is 0.333. The Morgan fingerprint density at radius 3 is 2.50 bits per heavy atom. The molecule has 0 aromatic heterocycles. The third kappa shape index (κ3) is 3.08. The van der Waals surface area contributed by atoms with Crippen molar-refractivity contribution < 1.29 is 12.6 Å². The molecular weight excluding hydrogens is 268 g/mol. The minimum Gasteiger partial charge on any atom is -0.264 e. The van der Waals surface area contributed by atoms with E-state index in [1.807, 2.05) is 0 Å². The quantitative estimate of drug-likeness (QED) is 0.799. The van der Waals surface area contributed by atoms with E-state index in [1.54, 1.807) is 26.0 Å². The van der Waals surface area contributed by atoms with Crippen LogP contribution in [-0.4, -0.2) is 14.5 Å². The molecule has 0 saturated carbocycles. The van der Waals surface area contributed by atoms with Gasteiger partial charge in [0, 0.05) is 4.47 Å². The minimum atomic E-state index is -3.61. The lowest BCUT2D eigenvalue weighted by Gasteiger charge is -2.08. The van der Waals surface area contributed by atoms with E-state index in [-0.39, 0.29) is 11.0 Å². The van der Waals surface area contributed by atoms with Crippen LogP contribution in [0.15, 0.2) is 33.6 Å². The molecular formula is C9H11BrO3S. The fourth-order valence-corrected chi connectivity index (χ4v) is 2.62. The number of benzene rings is 1. The molecule has 1 aromatic rings.